The molecular weight excluding hydrogens is 298 g/mol. The summed E-state index contributed by atoms with van der Waals surface area (Å²) in [5.74, 6) is -2.14. The molecule has 1 saturated heterocycles. The lowest BCUT2D eigenvalue weighted by atomic mass is 10.1. The van der Waals surface area contributed by atoms with Gasteiger partial charge in [0.15, 0.2) is 11.6 Å². The highest BCUT2D eigenvalue weighted by Crippen LogP contribution is 2.28. The zero-order valence-corrected chi connectivity index (χ0v) is 13.0. The van der Waals surface area contributed by atoms with Crippen LogP contribution in [0.1, 0.15) is 25.3 Å². The molecule has 1 aliphatic rings. The minimum atomic E-state index is -3.99. The molecule has 0 aromatic heterocycles. The number of nitrogens with zero attached hydrogens (tertiary/aromatic N) is 1. The van der Waals surface area contributed by atoms with Gasteiger partial charge in [-0.1, -0.05) is 13.3 Å². The first-order valence-corrected chi connectivity index (χ1v) is 8.46. The van der Waals surface area contributed by atoms with Gasteiger partial charge >= 0.3 is 0 Å². The first-order valence-electron chi connectivity index (χ1n) is 7.02. The molecule has 4 nitrogen and oxygen atoms in total. The molecular formula is C14H20F2N2O2S. The summed E-state index contributed by atoms with van der Waals surface area (Å²) < 4.78 is 53.9. The molecule has 0 bridgehead atoms. The predicted octanol–water partition coefficient (Wildman–Crippen LogP) is 2.10. The van der Waals surface area contributed by atoms with Crippen molar-refractivity contribution in [2.24, 2.45) is 5.92 Å². The molecule has 0 aliphatic carbocycles. The Morgan fingerprint density at radius 2 is 2.10 bits per heavy atom. The van der Waals surface area contributed by atoms with Crippen LogP contribution in [0.2, 0.25) is 0 Å². The lowest BCUT2D eigenvalue weighted by Gasteiger charge is -2.18. The van der Waals surface area contributed by atoms with Crippen molar-refractivity contribution in [3.63, 3.8) is 0 Å². The Kier molecular flexibility index (Phi) is 4.95. The van der Waals surface area contributed by atoms with E-state index in [0.29, 0.717) is 18.7 Å². The number of nitrogens with one attached hydrogen (secondary N) is 1. The Morgan fingerprint density at radius 3 is 2.67 bits per heavy atom. The maximum absolute atomic E-state index is 13.9. The summed E-state index contributed by atoms with van der Waals surface area (Å²) in [7, 11) is -2.33. The number of halogens is 2. The van der Waals surface area contributed by atoms with Crippen LogP contribution in [-0.2, 0) is 16.6 Å². The second-order valence-corrected chi connectivity index (χ2v) is 7.25. The number of rotatable bonds is 5. The largest absolute Gasteiger partial charge is 0.316 e. The fraction of sp³-hybridized carbons (Fsp3) is 0.571. The molecule has 1 aromatic rings. The fourth-order valence-corrected chi connectivity index (χ4v) is 4.25. The maximum Gasteiger partial charge on any atom is 0.246 e. The Bertz CT molecular complexity index is 620. The van der Waals surface area contributed by atoms with Gasteiger partial charge in [0.25, 0.3) is 0 Å². The molecule has 1 aliphatic heterocycles. The summed E-state index contributed by atoms with van der Waals surface area (Å²) in [6.07, 6.45) is 1.64. The third-order valence-corrected chi connectivity index (χ3v) is 5.74. The van der Waals surface area contributed by atoms with Crippen molar-refractivity contribution in [2.75, 3.05) is 20.1 Å². The highest BCUT2D eigenvalue weighted by molar-refractivity contribution is 7.89. The van der Waals surface area contributed by atoms with E-state index in [2.05, 4.69) is 5.32 Å². The van der Waals surface area contributed by atoms with Gasteiger partial charge in [-0.3, -0.25) is 0 Å². The minimum absolute atomic E-state index is 0.275. The molecule has 1 heterocycles. The van der Waals surface area contributed by atoms with E-state index in [1.807, 2.05) is 6.92 Å². The van der Waals surface area contributed by atoms with Crippen LogP contribution < -0.4 is 5.32 Å². The van der Waals surface area contributed by atoms with Crippen molar-refractivity contribution >= 4 is 10.0 Å². The number of benzene rings is 1. The second-order valence-electron chi connectivity index (χ2n) is 5.35. The first-order chi connectivity index (χ1) is 9.90. The van der Waals surface area contributed by atoms with E-state index in [9.17, 15) is 17.2 Å². The molecule has 21 heavy (non-hydrogen) atoms. The lowest BCUT2D eigenvalue weighted by Crippen LogP contribution is -2.30. The molecule has 1 fully saturated rings. The van der Waals surface area contributed by atoms with E-state index < -0.39 is 26.6 Å². The molecule has 2 rings (SSSR count). The summed E-state index contributed by atoms with van der Waals surface area (Å²) in [4.78, 5) is -0.565. The number of hydrogen-bond acceptors (Lipinski definition) is 3. The van der Waals surface area contributed by atoms with E-state index >= 15 is 0 Å². The van der Waals surface area contributed by atoms with Crippen LogP contribution in [0.15, 0.2) is 17.0 Å². The maximum atomic E-state index is 13.9. The van der Waals surface area contributed by atoms with Crippen LogP contribution in [0.25, 0.3) is 0 Å². The van der Waals surface area contributed by atoms with Crippen molar-refractivity contribution in [1.82, 2.24) is 9.62 Å². The number of sulfonamides is 1. The van der Waals surface area contributed by atoms with Crippen LogP contribution >= 0.6 is 0 Å². The topological polar surface area (TPSA) is 49.4 Å². The molecule has 1 aromatic carbocycles. The molecule has 118 valence electrons. The Balaban J connectivity index is 2.40. The monoisotopic (exact) mass is 318 g/mol. The van der Waals surface area contributed by atoms with Gasteiger partial charge in [-0.05, 0) is 37.1 Å². The molecule has 0 spiro atoms. The van der Waals surface area contributed by atoms with Crippen molar-refractivity contribution in [2.45, 2.75) is 31.2 Å². The van der Waals surface area contributed by atoms with Crippen LogP contribution in [0.5, 0.6) is 0 Å². The van der Waals surface area contributed by atoms with Crippen molar-refractivity contribution in [1.29, 1.82) is 0 Å². The molecule has 7 heteroatoms. The molecule has 1 atom stereocenters. The van der Waals surface area contributed by atoms with Crippen LogP contribution in [0, 0.1) is 17.6 Å². The molecule has 1 N–H and O–H groups in total. The average Bonchev–Trinajstić information content (AvgIpc) is 2.92. The van der Waals surface area contributed by atoms with Gasteiger partial charge in [-0.25, -0.2) is 17.2 Å². The summed E-state index contributed by atoms with van der Waals surface area (Å²) in [6, 6.07) is 2.23. The molecule has 0 amide bonds. The van der Waals surface area contributed by atoms with Crippen LogP contribution in [0.4, 0.5) is 8.78 Å². The summed E-state index contributed by atoms with van der Waals surface area (Å²) >= 11 is 0. The predicted molar refractivity (Wildman–Crippen MR) is 76.3 cm³/mol. The smallest absolute Gasteiger partial charge is 0.246 e. The van der Waals surface area contributed by atoms with Gasteiger partial charge in [0, 0.05) is 19.6 Å². The third-order valence-electron chi connectivity index (χ3n) is 3.88. The van der Waals surface area contributed by atoms with E-state index in [-0.39, 0.29) is 12.5 Å². The van der Waals surface area contributed by atoms with Gasteiger partial charge in [0.05, 0.1) is 0 Å². The summed E-state index contributed by atoms with van der Waals surface area (Å²) in [5.41, 5.74) is 0.404. The molecule has 0 radical (unpaired) electrons. The zero-order chi connectivity index (χ0) is 15.6. The van der Waals surface area contributed by atoms with Crippen molar-refractivity contribution in [3.8, 4) is 0 Å². The Morgan fingerprint density at radius 1 is 1.38 bits per heavy atom. The SMILES string of the molecule is CCC1CCN(S(=O)(=O)c2cc(CNC)cc(F)c2F)C1. The van der Waals surface area contributed by atoms with Crippen molar-refractivity contribution in [3.05, 3.63) is 29.3 Å². The lowest BCUT2D eigenvalue weighted by molar-refractivity contribution is 0.438. The average molecular weight is 318 g/mol. The molecule has 0 saturated carbocycles. The highest BCUT2D eigenvalue weighted by Gasteiger charge is 2.34. The van der Waals surface area contributed by atoms with Crippen LogP contribution in [0.3, 0.4) is 0 Å². The second kappa shape index (κ2) is 6.37. The van der Waals surface area contributed by atoms with Gasteiger partial charge in [-0.2, -0.15) is 4.31 Å². The number of hydrogen-bond donors (Lipinski definition) is 1. The quantitative estimate of drug-likeness (QED) is 0.904. The van der Waals surface area contributed by atoms with Gasteiger partial charge in [0.2, 0.25) is 10.0 Å². The first kappa shape index (κ1) is 16.3. The third kappa shape index (κ3) is 3.25. The summed E-state index contributed by atoms with van der Waals surface area (Å²) in [5, 5.41) is 2.80. The van der Waals surface area contributed by atoms with Gasteiger partial charge in [-0.15, -0.1) is 0 Å². The summed E-state index contributed by atoms with van der Waals surface area (Å²) in [6.45, 7) is 3.00. The van der Waals surface area contributed by atoms with Crippen molar-refractivity contribution < 1.29 is 17.2 Å². The highest BCUT2D eigenvalue weighted by atomic mass is 32.2. The van der Waals surface area contributed by atoms with Gasteiger partial charge in [0.1, 0.15) is 4.90 Å². The Labute approximate surface area is 124 Å². The fourth-order valence-electron chi connectivity index (χ4n) is 2.60. The van der Waals surface area contributed by atoms with E-state index in [4.69, 9.17) is 0 Å². The van der Waals surface area contributed by atoms with E-state index in [1.165, 1.54) is 10.4 Å². The van der Waals surface area contributed by atoms with E-state index in [1.54, 1.807) is 7.05 Å². The van der Waals surface area contributed by atoms with Gasteiger partial charge < -0.3 is 5.32 Å². The minimum Gasteiger partial charge on any atom is -0.316 e. The van der Waals surface area contributed by atoms with E-state index in [0.717, 1.165) is 18.9 Å². The molecule has 1 unspecified atom stereocenters. The Hall–Kier alpha value is -1.05. The zero-order valence-electron chi connectivity index (χ0n) is 12.2. The standard InChI is InChI=1S/C14H20F2N2O2S/c1-3-10-4-5-18(9-10)21(19,20)13-7-11(8-17-2)6-12(15)14(13)16/h6-7,10,17H,3-5,8-9H2,1-2H3. The normalized spacial score (nSPS) is 20.1. The van der Waals surface area contributed by atoms with Crippen LogP contribution in [-0.4, -0.2) is 32.9 Å².